The van der Waals surface area contributed by atoms with Crippen LogP contribution in [0, 0.1) is 6.92 Å². The van der Waals surface area contributed by atoms with Gasteiger partial charge in [0, 0.05) is 5.56 Å². The summed E-state index contributed by atoms with van der Waals surface area (Å²) < 4.78 is 6.99. The number of carboxylic acids is 1. The Morgan fingerprint density at radius 1 is 1.00 bits per heavy atom. The van der Waals surface area contributed by atoms with Crippen molar-refractivity contribution in [2.45, 2.75) is 6.92 Å². The van der Waals surface area contributed by atoms with Gasteiger partial charge < -0.3 is 15.2 Å². The van der Waals surface area contributed by atoms with Crippen LogP contribution in [0.5, 0.6) is 5.75 Å². The molecule has 6 heteroatoms. The number of hydrogen-bond donors (Lipinski definition) is 2. The summed E-state index contributed by atoms with van der Waals surface area (Å²) in [4.78, 5) is 11.9. The molecule has 0 aliphatic rings. The first-order valence-corrected chi connectivity index (χ1v) is 9.47. The van der Waals surface area contributed by atoms with Crippen LogP contribution in [-0.2, 0) is 0 Å². The Morgan fingerprint density at radius 3 is 2.30 bits per heavy atom. The maximum absolute atomic E-state index is 11.9. The molecule has 4 rings (SSSR count). The number of methoxy groups -OCH3 is 1. The summed E-state index contributed by atoms with van der Waals surface area (Å²) in [6.45, 7) is 1.94. The average Bonchev–Trinajstić information content (AvgIpc) is 3.10. The first kappa shape index (κ1) is 19.3. The van der Waals surface area contributed by atoms with E-state index < -0.39 is 5.97 Å². The van der Waals surface area contributed by atoms with Gasteiger partial charge in [-0.3, -0.25) is 0 Å². The summed E-state index contributed by atoms with van der Waals surface area (Å²) in [6.07, 6.45) is 0. The number of nitrogens with one attached hydrogen (secondary N) is 1. The predicted molar refractivity (Wildman–Crippen MR) is 117 cm³/mol. The van der Waals surface area contributed by atoms with E-state index in [0.29, 0.717) is 17.3 Å². The molecule has 0 aliphatic heterocycles. The molecule has 1 heterocycles. The molecule has 150 valence electrons. The first-order valence-electron chi connectivity index (χ1n) is 9.47. The number of aromatic carboxylic acids is 1. The number of carbonyl (C=O) groups is 1. The highest BCUT2D eigenvalue weighted by Crippen LogP contribution is 2.36. The first-order chi connectivity index (χ1) is 14.6. The number of para-hydroxylation sites is 1. The van der Waals surface area contributed by atoms with E-state index in [1.807, 2.05) is 67.6 Å². The molecular formula is C24H21N3O3. The van der Waals surface area contributed by atoms with Crippen molar-refractivity contribution in [2.75, 3.05) is 12.4 Å². The lowest BCUT2D eigenvalue weighted by Crippen LogP contribution is -2.07. The molecule has 4 aromatic rings. The average molecular weight is 399 g/mol. The number of anilines is 2. The molecule has 0 radical (unpaired) electrons. The smallest absolute Gasteiger partial charge is 0.337 e. The number of nitrogens with zero attached hydrogens (tertiary/aromatic N) is 2. The fraction of sp³-hybridized carbons (Fsp3) is 0.0833. The van der Waals surface area contributed by atoms with Gasteiger partial charge in [-0.15, -0.1) is 0 Å². The molecule has 1 aromatic heterocycles. The molecular weight excluding hydrogens is 378 g/mol. The molecule has 0 bridgehead atoms. The summed E-state index contributed by atoms with van der Waals surface area (Å²) in [5.74, 6) is 0.131. The van der Waals surface area contributed by atoms with E-state index in [0.717, 1.165) is 22.5 Å². The minimum Gasteiger partial charge on any atom is -0.497 e. The Bertz CT molecular complexity index is 1190. The standard InChI is InChI=1S/C24H21N3O3/c1-16-22(17-9-5-3-6-10-17)23(27(26-16)18-11-7-4-8-12-18)25-21-14-13-19(30-2)15-20(21)24(28)29/h3-15,25H,1-2H3,(H,28,29). The zero-order valence-electron chi connectivity index (χ0n) is 16.7. The Labute approximate surface area is 174 Å². The third kappa shape index (κ3) is 3.63. The Kier molecular flexibility index (Phi) is 5.22. The third-order valence-corrected chi connectivity index (χ3v) is 4.83. The van der Waals surface area contributed by atoms with Gasteiger partial charge in [0.1, 0.15) is 11.6 Å². The number of hydrogen-bond acceptors (Lipinski definition) is 4. The van der Waals surface area contributed by atoms with E-state index in [9.17, 15) is 9.90 Å². The molecule has 3 aromatic carbocycles. The number of ether oxygens (including phenoxy) is 1. The minimum atomic E-state index is -1.04. The van der Waals surface area contributed by atoms with Gasteiger partial charge in [-0.2, -0.15) is 5.10 Å². The lowest BCUT2D eigenvalue weighted by atomic mass is 10.1. The van der Waals surface area contributed by atoms with Crippen molar-refractivity contribution in [1.82, 2.24) is 9.78 Å². The van der Waals surface area contributed by atoms with Crippen molar-refractivity contribution in [3.05, 3.63) is 90.1 Å². The van der Waals surface area contributed by atoms with Gasteiger partial charge >= 0.3 is 5.97 Å². The second-order valence-electron chi connectivity index (χ2n) is 6.76. The third-order valence-electron chi connectivity index (χ3n) is 4.83. The number of rotatable bonds is 6. The van der Waals surface area contributed by atoms with Crippen LogP contribution < -0.4 is 10.1 Å². The monoisotopic (exact) mass is 399 g/mol. The Balaban J connectivity index is 1.91. The van der Waals surface area contributed by atoms with Gasteiger partial charge in [0.05, 0.1) is 29.7 Å². The van der Waals surface area contributed by atoms with Gasteiger partial charge in [0.15, 0.2) is 0 Å². The highest BCUT2D eigenvalue weighted by Gasteiger charge is 2.20. The van der Waals surface area contributed by atoms with E-state index in [1.165, 1.54) is 13.2 Å². The highest BCUT2D eigenvalue weighted by molar-refractivity contribution is 5.96. The molecule has 0 amide bonds. The van der Waals surface area contributed by atoms with E-state index in [-0.39, 0.29) is 5.56 Å². The lowest BCUT2D eigenvalue weighted by molar-refractivity contribution is 0.0697. The fourth-order valence-electron chi connectivity index (χ4n) is 3.41. The maximum atomic E-state index is 11.9. The largest absolute Gasteiger partial charge is 0.497 e. The second-order valence-corrected chi connectivity index (χ2v) is 6.76. The summed E-state index contributed by atoms with van der Waals surface area (Å²) in [6, 6.07) is 24.6. The van der Waals surface area contributed by atoms with Crippen LogP contribution in [0.25, 0.3) is 16.8 Å². The van der Waals surface area contributed by atoms with Crippen LogP contribution in [0.4, 0.5) is 11.5 Å². The van der Waals surface area contributed by atoms with Gasteiger partial charge in [-0.25, -0.2) is 9.48 Å². The van der Waals surface area contributed by atoms with Crippen molar-refractivity contribution >= 4 is 17.5 Å². The maximum Gasteiger partial charge on any atom is 0.337 e. The van der Waals surface area contributed by atoms with Gasteiger partial charge in [0.2, 0.25) is 0 Å². The van der Waals surface area contributed by atoms with Crippen LogP contribution in [0.1, 0.15) is 16.1 Å². The van der Waals surface area contributed by atoms with Crippen LogP contribution in [-0.4, -0.2) is 28.0 Å². The predicted octanol–water partition coefficient (Wildman–Crippen LogP) is 5.30. The molecule has 0 atom stereocenters. The molecule has 0 saturated heterocycles. The molecule has 30 heavy (non-hydrogen) atoms. The van der Waals surface area contributed by atoms with Crippen LogP contribution >= 0.6 is 0 Å². The van der Waals surface area contributed by atoms with Crippen LogP contribution in [0.2, 0.25) is 0 Å². The number of carboxylic acid groups (broad SMARTS) is 1. The van der Waals surface area contributed by atoms with Crippen molar-refractivity contribution in [3.8, 4) is 22.6 Å². The summed E-state index contributed by atoms with van der Waals surface area (Å²) >= 11 is 0. The normalized spacial score (nSPS) is 10.6. The minimum absolute atomic E-state index is 0.117. The van der Waals surface area contributed by atoms with E-state index in [4.69, 9.17) is 9.84 Å². The number of aromatic nitrogens is 2. The zero-order chi connectivity index (χ0) is 21.1. The Morgan fingerprint density at radius 2 is 1.67 bits per heavy atom. The summed E-state index contributed by atoms with van der Waals surface area (Å²) in [5.41, 5.74) is 4.18. The zero-order valence-corrected chi connectivity index (χ0v) is 16.7. The number of aryl methyl sites for hydroxylation is 1. The summed E-state index contributed by atoms with van der Waals surface area (Å²) in [5, 5.41) is 17.8. The molecule has 6 nitrogen and oxygen atoms in total. The second kappa shape index (κ2) is 8.13. The van der Waals surface area contributed by atoms with Crippen molar-refractivity contribution in [1.29, 1.82) is 0 Å². The van der Waals surface area contributed by atoms with Gasteiger partial charge in [-0.05, 0) is 42.8 Å². The molecule has 0 saturated carbocycles. The van der Waals surface area contributed by atoms with Gasteiger partial charge in [-0.1, -0.05) is 48.5 Å². The fourth-order valence-corrected chi connectivity index (χ4v) is 3.41. The quantitative estimate of drug-likeness (QED) is 0.460. The summed E-state index contributed by atoms with van der Waals surface area (Å²) in [7, 11) is 1.51. The van der Waals surface area contributed by atoms with E-state index >= 15 is 0 Å². The topological polar surface area (TPSA) is 76.4 Å². The molecule has 0 fully saturated rings. The molecule has 2 N–H and O–H groups in total. The van der Waals surface area contributed by atoms with E-state index in [2.05, 4.69) is 5.32 Å². The molecule has 0 aliphatic carbocycles. The highest BCUT2D eigenvalue weighted by atomic mass is 16.5. The van der Waals surface area contributed by atoms with Crippen molar-refractivity contribution < 1.29 is 14.6 Å². The van der Waals surface area contributed by atoms with E-state index in [1.54, 1.807) is 16.8 Å². The molecule has 0 spiro atoms. The van der Waals surface area contributed by atoms with Crippen molar-refractivity contribution in [3.63, 3.8) is 0 Å². The van der Waals surface area contributed by atoms with Crippen molar-refractivity contribution in [2.24, 2.45) is 0 Å². The number of benzene rings is 3. The van der Waals surface area contributed by atoms with Crippen LogP contribution in [0.3, 0.4) is 0 Å². The SMILES string of the molecule is COc1ccc(Nc2c(-c3ccccc3)c(C)nn2-c2ccccc2)c(C(=O)O)c1. The van der Waals surface area contributed by atoms with Crippen LogP contribution in [0.15, 0.2) is 78.9 Å². The van der Waals surface area contributed by atoms with Gasteiger partial charge in [0.25, 0.3) is 0 Å². The molecule has 0 unspecified atom stereocenters. The Hall–Kier alpha value is -4.06. The lowest BCUT2D eigenvalue weighted by Gasteiger charge is -2.15.